The minimum Gasteiger partial charge on any atom is -0.481 e. The summed E-state index contributed by atoms with van der Waals surface area (Å²) in [5.74, 6) is -0.856. The van der Waals surface area contributed by atoms with Crippen molar-refractivity contribution >= 4 is 18.2 Å². The van der Waals surface area contributed by atoms with E-state index in [9.17, 15) is 9.59 Å². The van der Waals surface area contributed by atoms with E-state index in [2.05, 4.69) is 10.5 Å². The van der Waals surface area contributed by atoms with Crippen molar-refractivity contribution in [2.45, 2.75) is 6.42 Å². The Kier molecular flexibility index (Phi) is 4.87. The Morgan fingerprint density at radius 2 is 1.86 bits per heavy atom. The molecule has 0 radical (unpaired) electrons. The highest BCUT2D eigenvalue weighted by Crippen LogP contribution is 2.21. The van der Waals surface area contributed by atoms with Crippen molar-refractivity contribution in [2.24, 2.45) is 10.8 Å². The quantitative estimate of drug-likeness (QED) is 0.580. The molecule has 4 N–H and O–H groups in total. The minimum absolute atomic E-state index is 0.00261. The number of carboxylic acids is 1. The normalized spacial score (nSPS) is 10.5. The number of rotatable bonds is 5. The fraction of sp³-hybridized carbons (Fsp3) is 0.0625. The van der Waals surface area contributed by atoms with Gasteiger partial charge in [0.05, 0.1) is 12.6 Å². The second-order valence-electron chi connectivity index (χ2n) is 4.63. The van der Waals surface area contributed by atoms with Gasteiger partial charge in [0, 0.05) is 0 Å². The predicted molar refractivity (Wildman–Crippen MR) is 83.5 cm³/mol. The number of hydrogen-bond acceptors (Lipinski definition) is 3. The molecule has 0 aliphatic carbocycles. The molecule has 0 saturated carbocycles. The lowest BCUT2D eigenvalue weighted by atomic mass is 10.0. The summed E-state index contributed by atoms with van der Waals surface area (Å²) >= 11 is 0. The molecule has 0 aromatic heterocycles. The average Bonchev–Trinajstić information content (AvgIpc) is 2.47. The van der Waals surface area contributed by atoms with Gasteiger partial charge in [-0.1, -0.05) is 48.5 Å². The summed E-state index contributed by atoms with van der Waals surface area (Å²) in [5, 5.41) is 12.5. The topological polar surface area (TPSA) is 105 Å². The second-order valence-corrected chi connectivity index (χ2v) is 4.63. The van der Waals surface area contributed by atoms with Gasteiger partial charge in [-0.2, -0.15) is 5.10 Å². The van der Waals surface area contributed by atoms with E-state index >= 15 is 0 Å². The standard InChI is InChI=1S/C16H15N3O3/c17-16(22)19-18-10-11-4-6-13(7-5-11)14-3-1-2-12(8-14)9-15(20)21/h1-8,10H,9H2,(H,20,21)(H3,17,19,22). The Balaban J connectivity index is 2.14. The number of carboxylic acid groups (broad SMARTS) is 1. The van der Waals surface area contributed by atoms with Crippen molar-refractivity contribution in [3.63, 3.8) is 0 Å². The van der Waals surface area contributed by atoms with Gasteiger partial charge in [-0.3, -0.25) is 4.79 Å². The Labute approximate surface area is 127 Å². The third-order valence-corrected chi connectivity index (χ3v) is 2.91. The van der Waals surface area contributed by atoms with E-state index in [1.165, 1.54) is 6.21 Å². The van der Waals surface area contributed by atoms with Crippen LogP contribution in [-0.2, 0) is 11.2 Å². The minimum atomic E-state index is -0.856. The second kappa shape index (κ2) is 7.03. The molecule has 112 valence electrons. The predicted octanol–water partition coefficient (Wildman–Crippen LogP) is 1.98. The monoisotopic (exact) mass is 297 g/mol. The number of benzene rings is 2. The van der Waals surface area contributed by atoms with Crippen LogP contribution in [0, 0.1) is 0 Å². The molecule has 2 aromatic carbocycles. The van der Waals surface area contributed by atoms with E-state index < -0.39 is 12.0 Å². The summed E-state index contributed by atoms with van der Waals surface area (Å²) in [4.78, 5) is 21.2. The lowest BCUT2D eigenvalue weighted by Gasteiger charge is -2.04. The molecule has 0 unspecified atom stereocenters. The van der Waals surface area contributed by atoms with Crippen molar-refractivity contribution in [2.75, 3.05) is 0 Å². The van der Waals surface area contributed by atoms with E-state index in [0.717, 1.165) is 22.3 Å². The Bertz CT molecular complexity index is 709. The maximum absolute atomic E-state index is 10.8. The van der Waals surface area contributed by atoms with Crippen molar-refractivity contribution in [3.8, 4) is 11.1 Å². The van der Waals surface area contributed by atoms with Crippen molar-refractivity contribution in [3.05, 3.63) is 59.7 Å². The maximum Gasteiger partial charge on any atom is 0.332 e. The zero-order valence-electron chi connectivity index (χ0n) is 11.7. The average molecular weight is 297 g/mol. The number of nitrogens with zero attached hydrogens (tertiary/aromatic N) is 1. The van der Waals surface area contributed by atoms with E-state index in [0.29, 0.717) is 0 Å². The molecule has 0 atom stereocenters. The number of hydrazone groups is 1. The maximum atomic E-state index is 10.8. The molecule has 6 heteroatoms. The van der Waals surface area contributed by atoms with Gasteiger partial charge in [-0.15, -0.1) is 0 Å². The largest absolute Gasteiger partial charge is 0.481 e. The first-order valence-corrected chi connectivity index (χ1v) is 6.54. The Hall–Kier alpha value is -3.15. The summed E-state index contributed by atoms with van der Waals surface area (Å²) in [6, 6.07) is 14.1. The summed E-state index contributed by atoms with van der Waals surface area (Å²) in [7, 11) is 0. The molecule has 2 rings (SSSR count). The molecular weight excluding hydrogens is 282 g/mol. The molecule has 0 spiro atoms. The molecular formula is C16H15N3O3. The third kappa shape index (κ3) is 4.45. The highest BCUT2D eigenvalue weighted by molar-refractivity contribution is 5.82. The molecule has 6 nitrogen and oxygen atoms in total. The molecule has 2 aromatic rings. The first-order chi connectivity index (χ1) is 10.5. The molecule has 0 saturated heterocycles. The van der Waals surface area contributed by atoms with Gasteiger partial charge < -0.3 is 10.8 Å². The van der Waals surface area contributed by atoms with Gasteiger partial charge in [0.1, 0.15) is 0 Å². The zero-order chi connectivity index (χ0) is 15.9. The number of carbonyl (C=O) groups excluding carboxylic acids is 1. The number of amides is 2. The molecule has 0 aliphatic rings. The molecule has 0 fully saturated rings. The number of nitrogens with two attached hydrogens (primary N) is 1. The van der Waals surface area contributed by atoms with Crippen LogP contribution in [0.15, 0.2) is 53.6 Å². The number of nitrogens with one attached hydrogen (secondary N) is 1. The lowest BCUT2D eigenvalue weighted by molar-refractivity contribution is -0.136. The number of carbonyl (C=O) groups is 2. The smallest absolute Gasteiger partial charge is 0.332 e. The Morgan fingerprint density at radius 3 is 2.50 bits per heavy atom. The molecule has 0 aliphatic heterocycles. The van der Waals surface area contributed by atoms with Crippen LogP contribution in [0.5, 0.6) is 0 Å². The number of primary amides is 1. The number of urea groups is 1. The van der Waals surface area contributed by atoms with Gasteiger partial charge in [-0.05, 0) is 22.3 Å². The van der Waals surface area contributed by atoms with Crippen LogP contribution in [0.1, 0.15) is 11.1 Å². The Morgan fingerprint density at radius 1 is 1.14 bits per heavy atom. The molecule has 2 amide bonds. The fourth-order valence-corrected chi connectivity index (χ4v) is 1.97. The third-order valence-electron chi connectivity index (χ3n) is 2.91. The molecule has 0 heterocycles. The van der Waals surface area contributed by atoms with Crippen molar-refractivity contribution in [1.82, 2.24) is 5.43 Å². The summed E-state index contributed by atoms with van der Waals surface area (Å²) in [6.45, 7) is 0. The van der Waals surface area contributed by atoms with Crippen LogP contribution >= 0.6 is 0 Å². The molecule has 22 heavy (non-hydrogen) atoms. The number of aliphatic carboxylic acids is 1. The lowest BCUT2D eigenvalue weighted by Crippen LogP contribution is -2.24. The van der Waals surface area contributed by atoms with Crippen LogP contribution in [-0.4, -0.2) is 23.3 Å². The first kappa shape index (κ1) is 15.2. The van der Waals surface area contributed by atoms with Crippen molar-refractivity contribution in [1.29, 1.82) is 0 Å². The van der Waals surface area contributed by atoms with Crippen LogP contribution in [0.2, 0.25) is 0 Å². The van der Waals surface area contributed by atoms with E-state index in [4.69, 9.17) is 10.8 Å². The van der Waals surface area contributed by atoms with Crippen LogP contribution in [0.3, 0.4) is 0 Å². The summed E-state index contributed by atoms with van der Waals surface area (Å²) in [6.07, 6.45) is 1.48. The van der Waals surface area contributed by atoms with Gasteiger partial charge in [0.2, 0.25) is 0 Å². The van der Waals surface area contributed by atoms with Crippen LogP contribution in [0.4, 0.5) is 4.79 Å². The summed E-state index contributed by atoms with van der Waals surface area (Å²) in [5.41, 5.74) is 10.5. The van der Waals surface area contributed by atoms with Crippen molar-refractivity contribution < 1.29 is 14.7 Å². The molecule has 0 bridgehead atoms. The first-order valence-electron chi connectivity index (χ1n) is 6.54. The van der Waals surface area contributed by atoms with Crippen LogP contribution in [0.25, 0.3) is 11.1 Å². The zero-order valence-corrected chi connectivity index (χ0v) is 11.7. The van der Waals surface area contributed by atoms with Gasteiger partial charge in [0.25, 0.3) is 0 Å². The highest BCUT2D eigenvalue weighted by Gasteiger charge is 2.03. The van der Waals surface area contributed by atoms with Crippen LogP contribution < -0.4 is 11.2 Å². The van der Waals surface area contributed by atoms with E-state index in [-0.39, 0.29) is 6.42 Å². The van der Waals surface area contributed by atoms with E-state index in [1.54, 1.807) is 6.07 Å². The van der Waals surface area contributed by atoms with Gasteiger partial charge >= 0.3 is 12.0 Å². The van der Waals surface area contributed by atoms with Gasteiger partial charge in [0.15, 0.2) is 0 Å². The SMILES string of the molecule is NC(=O)NN=Cc1ccc(-c2cccc(CC(=O)O)c2)cc1. The summed E-state index contributed by atoms with van der Waals surface area (Å²) < 4.78 is 0. The fourth-order valence-electron chi connectivity index (χ4n) is 1.97. The van der Waals surface area contributed by atoms with E-state index in [1.807, 2.05) is 42.5 Å². The van der Waals surface area contributed by atoms with Gasteiger partial charge in [-0.25, -0.2) is 10.2 Å². The highest BCUT2D eigenvalue weighted by atomic mass is 16.4. The number of hydrogen-bond donors (Lipinski definition) is 3.